The molecular formula is C32H73N2O4P. The summed E-state index contributed by atoms with van der Waals surface area (Å²) in [6.07, 6.45) is 28.8. The Balaban J connectivity index is -0.000000537. The summed E-state index contributed by atoms with van der Waals surface area (Å²) in [6, 6.07) is 0. The van der Waals surface area contributed by atoms with Gasteiger partial charge in [0.2, 0.25) is 0 Å². The molecule has 0 fully saturated rings. The van der Waals surface area contributed by atoms with Crippen LogP contribution in [0.5, 0.6) is 0 Å². The van der Waals surface area contributed by atoms with Crippen LogP contribution in [0.1, 0.15) is 149 Å². The molecule has 0 radical (unpaired) electrons. The van der Waals surface area contributed by atoms with Gasteiger partial charge in [0.25, 0.3) is 0 Å². The Morgan fingerprint density at radius 1 is 0.462 bits per heavy atom. The van der Waals surface area contributed by atoms with Crippen LogP contribution in [0, 0.1) is 0 Å². The molecule has 0 aromatic rings. The molecule has 0 heterocycles. The van der Waals surface area contributed by atoms with E-state index in [0.29, 0.717) is 0 Å². The van der Waals surface area contributed by atoms with Crippen molar-refractivity contribution in [3.63, 3.8) is 0 Å². The molecule has 0 rings (SSSR count). The lowest BCUT2D eigenvalue weighted by Gasteiger charge is -2.27. The van der Waals surface area contributed by atoms with E-state index in [-0.39, 0.29) is 6.61 Å². The van der Waals surface area contributed by atoms with Crippen LogP contribution in [0.15, 0.2) is 0 Å². The average Bonchev–Trinajstić information content (AvgIpc) is 2.80. The quantitative estimate of drug-likeness (QED) is 0.0657. The number of unbranched alkanes of at least 4 members (excludes halogenated alkanes) is 18. The number of rotatable bonds is 24. The van der Waals surface area contributed by atoms with Gasteiger partial charge in [-0.25, -0.2) is 0 Å². The Bertz CT molecular complexity index is 479. The van der Waals surface area contributed by atoms with Crippen LogP contribution in [-0.4, -0.2) is 70.9 Å². The maximum Gasteiger partial charge on any atom is 0.0780 e. The third kappa shape index (κ3) is 54.7. The molecule has 7 heteroatoms. The smallest absolute Gasteiger partial charge is 0.0780 e. The summed E-state index contributed by atoms with van der Waals surface area (Å²) < 4.78 is 15.4. The number of phosphoric acid groups is 1. The molecule has 0 bridgehead atoms. The zero-order valence-corrected chi connectivity index (χ0v) is 29.1. The topological polar surface area (TPSA) is 72.4 Å². The molecule has 0 N–H and O–H groups in total. The summed E-state index contributed by atoms with van der Waals surface area (Å²) in [7, 11) is 9.05. The van der Waals surface area contributed by atoms with Crippen molar-refractivity contribution in [3.05, 3.63) is 0 Å². The van der Waals surface area contributed by atoms with Crippen molar-refractivity contribution in [1.82, 2.24) is 0 Å². The van der Waals surface area contributed by atoms with Crippen LogP contribution in [0.3, 0.4) is 0 Å². The molecule has 0 aromatic carbocycles. The highest BCUT2D eigenvalue weighted by molar-refractivity contribution is 7.43. The first-order valence-electron chi connectivity index (χ1n) is 16.5. The van der Waals surface area contributed by atoms with Gasteiger partial charge in [-0.2, -0.15) is 0 Å². The van der Waals surface area contributed by atoms with Crippen LogP contribution in [0.2, 0.25) is 0 Å². The molecule has 240 valence electrons. The highest BCUT2D eigenvalue weighted by atomic mass is 31.2. The van der Waals surface area contributed by atoms with Gasteiger partial charge in [-0.15, -0.1) is 0 Å². The van der Waals surface area contributed by atoms with Gasteiger partial charge in [0.1, 0.15) is 0 Å². The van der Waals surface area contributed by atoms with Gasteiger partial charge >= 0.3 is 0 Å². The van der Waals surface area contributed by atoms with Crippen molar-refractivity contribution >= 4 is 7.82 Å². The van der Waals surface area contributed by atoms with Crippen LogP contribution in [0.4, 0.5) is 0 Å². The van der Waals surface area contributed by atoms with Crippen molar-refractivity contribution in [2.75, 3.05) is 62.0 Å². The van der Waals surface area contributed by atoms with E-state index in [1.54, 1.807) is 0 Å². The van der Waals surface area contributed by atoms with Crippen LogP contribution in [-0.2, 0) is 9.09 Å². The summed E-state index contributed by atoms with van der Waals surface area (Å²) in [5.74, 6) is 0. The number of nitrogens with zero attached hydrogens (tertiary/aromatic N) is 2. The molecule has 0 amide bonds. The van der Waals surface area contributed by atoms with E-state index in [4.69, 9.17) is 0 Å². The fourth-order valence-electron chi connectivity index (χ4n) is 4.31. The SMILES string of the molecule is CCCCCCCCCCCC[N+](C)(C)C.CCCCCCCCCCCC[N+](C)(C)C.CCOP(=O)([O-])[O-]. The molecule has 0 aliphatic heterocycles. The second-order valence-corrected chi connectivity index (χ2v) is 14.4. The summed E-state index contributed by atoms with van der Waals surface area (Å²) in [5, 5.41) is 0. The largest absolute Gasteiger partial charge is 0.790 e. The number of hydrogen-bond acceptors (Lipinski definition) is 4. The lowest BCUT2D eigenvalue weighted by molar-refractivity contribution is -0.870. The van der Waals surface area contributed by atoms with Gasteiger partial charge in [-0.05, 0) is 32.6 Å². The number of quaternary nitrogens is 2. The van der Waals surface area contributed by atoms with Crippen LogP contribution < -0.4 is 9.79 Å². The van der Waals surface area contributed by atoms with Gasteiger partial charge < -0.3 is 27.8 Å². The predicted octanol–water partition coefficient (Wildman–Crippen LogP) is 8.08. The molecule has 0 spiro atoms. The molecule has 0 atom stereocenters. The Labute approximate surface area is 246 Å². The summed E-state index contributed by atoms with van der Waals surface area (Å²) in [4.78, 5) is 19.0. The molecule has 39 heavy (non-hydrogen) atoms. The maximum absolute atomic E-state index is 9.48. The molecular weight excluding hydrogens is 507 g/mol. The highest BCUT2D eigenvalue weighted by Gasteiger charge is 2.05. The van der Waals surface area contributed by atoms with E-state index in [1.165, 1.54) is 148 Å². The zero-order valence-electron chi connectivity index (χ0n) is 28.2. The fourth-order valence-corrected chi connectivity index (χ4v) is 4.62. The molecule has 0 aromatic heterocycles. The molecule has 0 aliphatic rings. The van der Waals surface area contributed by atoms with Crippen molar-refractivity contribution in [1.29, 1.82) is 0 Å². The molecule has 0 saturated heterocycles. The summed E-state index contributed by atoms with van der Waals surface area (Å²) >= 11 is 0. The van der Waals surface area contributed by atoms with Crippen molar-refractivity contribution in [2.24, 2.45) is 0 Å². The lowest BCUT2D eigenvalue weighted by Crippen LogP contribution is -2.35. The zero-order chi connectivity index (χ0) is 30.5. The minimum atomic E-state index is -4.67. The minimum absolute atomic E-state index is 0.0791. The van der Waals surface area contributed by atoms with Gasteiger partial charge in [-0.1, -0.05) is 117 Å². The molecule has 0 aliphatic carbocycles. The second-order valence-electron chi connectivity index (χ2n) is 13.3. The van der Waals surface area contributed by atoms with Crippen molar-refractivity contribution < 1.29 is 27.8 Å². The number of hydrogen-bond donors (Lipinski definition) is 0. The first-order chi connectivity index (χ1) is 18.2. The first-order valence-corrected chi connectivity index (χ1v) is 17.9. The lowest BCUT2D eigenvalue weighted by atomic mass is 10.1. The standard InChI is InChI=1S/2C15H34N.C2H7O4P/c2*1-5-6-7-8-9-10-11-12-13-14-15-16(2,3)4;1-2-6-7(3,4)5/h2*5-15H2,1-4H3;2H2,1H3,(H2,3,4,5)/q2*+1;/p-2. The van der Waals surface area contributed by atoms with Crippen LogP contribution in [0.25, 0.3) is 0 Å². The maximum atomic E-state index is 9.48. The Kier molecular flexibility index (Phi) is 32.9. The second kappa shape index (κ2) is 29.5. The Morgan fingerprint density at radius 2 is 0.692 bits per heavy atom. The predicted molar refractivity (Wildman–Crippen MR) is 169 cm³/mol. The fraction of sp³-hybridized carbons (Fsp3) is 1.00. The van der Waals surface area contributed by atoms with Gasteiger partial charge in [0.05, 0.1) is 63.2 Å². The van der Waals surface area contributed by atoms with Gasteiger partial charge in [0, 0.05) is 6.61 Å². The highest BCUT2D eigenvalue weighted by Crippen LogP contribution is 2.23. The normalized spacial score (nSPS) is 12.0. The Hall–Kier alpha value is 0.0300. The van der Waals surface area contributed by atoms with Crippen molar-refractivity contribution in [3.8, 4) is 0 Å². The third-order valence-corrected chi connectivity index (χ3v) is 7.23. The van der Waals surface area contributed by atoms with Crippen molar-refractivity contribution in [2.45, 2.75) is 149 Å². The van der Waals surface area contributed by atoms with E-state index in [1.807, 2.05) is 0 Å². The van der Waals surface area contributed by atoms with Crippen LogP contribution >= 0.6 is 7.82 Å². The average molecular weight is 581 g/mol. The van der Waals surface area contributed by atoms with E-state index >= 15 is 0 Å². The minimum Gasteiger partial charge on any atom is -0.790 e. The van der Waals surface area contributed by atoms with Gasteiger partial charge in [-0.3, -0.25) is 0 Å². The molecule has 6 nitrogen and oxygen atoms in total. The van der Waals surface area contributed by atoms with E-state index in [2.05, 4.69) is 60.7 Å². The first kappa shape index (κ1) is 43.5. The third-order valence-electron chi connectivity index (χ3n) is 6.65. The van der Waals surface area contributed by atoms with Gasteiger partial charge in [0.15, 0.2) is 0 Å². The monoisotopic (exact) mass is 581 g/mol. The molecule has 0 unspecified atom stereocenters. The number of phosphoric ester groups is 1. The molecule has 0 saturated carbocycles. The Morgan fingerprint density at radius 3 is 0.846 bits per heavy atom. The summed E-state index contributed by atoms with van der Waals surface area (Å²) in [6.45, 7) is 8.58. The van der Waals surface area contributed by atoms with E-state index < -0.39 is 7.82 Å². The summed E-state index contributed by atoms with van der Waals surface area (Å²) in [5.41, 5.74) is 0. The van der Waals surface area contributed by atoms with E-state index in [0.717, 1.165) is 8.97 Å². The van der Waals surface area contributed by atoms with E-state index in [9.17, 15) is 14.4 Å².